The summed E-state index contributed by atoms with van der Waals surface area (Å²) in [6.45, 7) is 1.95. The van der Waals surface area contributed by atoms with E-state index in [-0.39, 0.29) is 18.5 Å². The molecule has 2 amide bonds. The molecule has 0 saturated heterocycles. The van der Waals surface area contributed by atoms with Crippen LogP contribution in [-0.4, -0.2) is 12.8 Å². The van der Waals surface area contributed by atoms with E-state index in [0.29, 0.717) is 17.6 Å². The molecule has 0 unspecified atom stereocenters. The molecule has 1 aliphatic rings. The Bertz CT molecular complexity index is 752. The molecule has 3 rings (SSSR count). The van der Waals surface area contributed by atoms with Gasteiger partial charge in [0.15, 0.2) is 11.5 Å². The fraction of sp³-hybridized carbons (Fsp3) is 0.188. The second-order valence-corrected chi connectivity index (χ2v) is 5.06. The summed E-state index contributed by atoms with van der Waals surface area (Å²) in [6, 6.07) is 7.33. The third kappa shape index (κ3) is 3.33. The molecule has 1 atom stereocenters. The monoisotopic (exact) mass is 320 g/mol. The highest BCUT2D eigenvalue weighted by molar-refractivity contribution is 5.89. The predicted molar refractivity (Wildman–Crippen MR) is 79.5 cm³/mol. The number of amides is 2. The SMILES string of the molecule is C[C@H](NC(=O)Nc1ccc(F)cc1F)c1ccc2c(c1)OCO2. The van der Waals surface area contributed by atoms with E-state index >= 15 is 0 Å². The van der Waals surface area contributed by atoms with Gasteiger partial charge < -0.3 is 20.1 Å². The fourth-order valence-electron chi connectivity index (χ4n) is 2.21. The van der Waals surface area contributed by atoms with Crippen LogP contribution in [0, 0.1) is 11.6 Å². The Kier molecular flexibility index (Phi) is 4.01. The molecule has 0 bridgehead atoms. The van der Waals surface area contributed by atoms with Crippen molar-refractivity contribution in [1.29, 1.82) is 0 Å². The summed E-state index contributed by atoms with van der Waals surface area (Å²) >= 11 is 0. The molecule has 120 valence electrons. The molecule has 7 heteroatoms. The summed E-state index contributed by atoms with van der Waals surface area (Å²) in [5.74, 6) is -0.280. The van der Waals surface area contributed by atoms with Crippen molar-refractivity contribution in [1.82, 2.24) is 5.32 Å². The van der Waals surface area contributed by atoms with Gasteiger partial charge in [-0.05, 0) is 36.8 Å². The molecule has 2 aromatic rings. The van der Waals surface area contributed by atoms with E-state index in [4.69, 9.17) is 9.47 Å². The van der Waals surface area contributed by atoms with E-state index in [1.807, 2.05) is 0 Å². The molecular formula is C16H14F2N2O3. The van der Waals surface area contributed by atoms with Crippen molar-refractivity contribution in [2.75, 3.05) is 12.1 Å². The molecule has 0 spiro atoms. The van der Waals surface area contributed by atoms with E-state index in [2.05, 4.69) is 10.6 Å². The summed E-state index contributed by atoms with van der Waals surface area (Å²) < 4.78 is 36.8. The van der Waals surface area contributed by atoms with Crippen molar-refractivity contribution < 1.29 is 23.0 Å². The molecule has 1 heterocycles. The Morgan fingerprint density at radius 2 is 1.91 bits per heavy atom. The number of nitrogens with one attached hydrogen (secondary N) is 2. The summed E-state index contributed by atoms with van der Waals surface area (Å²) in [7, 11) is 0. The molecule has 2 N–H and O–H groups in total. The summed E-state index contributed by atoms with van der Waals surface area (Å²) in [6.07, 6.45) is 0. The van der Waals surface area contributed by atoms with Crippen LogP contribution in [0.25, 0.3) is 0 Å². The van der Waals surface area contributed by atoms with Crippen LogP contribution in [-0.2, 0) is 0 Å². The first kappa shape index (κ1) is 15.1. The zero-order valence-corrected chi connectivity index (χ0v) is 12.2. The van der Waals surface area contributed by atoms with Gasteiger partial charge in [0.25, 0.3) is 0 Å². The van der Waals surface area contributed by atoms with E-state index in [9.17, 15) is 13.6 Å². The zero-order valence-electron chi connectivity index (χ0n) is 12.2. The lowest BCUT2D eigenvalue weighted by molar-refractivity contribution is 0.174. The topological polar surface area (TPSA) is 59.6 Å². The maximum atomic E-state index is 13.5. The number of benzene rings is 2. The Labute approximate surface area is 131 Å². The van der Waals surface area contributed by atoms with Gasteiger partial charge in [-0.1, -0.05) is 6.07 Å². The fourth-order valence-corrected chi connectivity index (χ4v) is 2.21. The van der Waals surface area contributed by atoms with E-state index in [1.165, 1.54) is 0 Å². The van der Waals surface area contributed by atoms with Crippen molar-refractivity contribution in [2.45, 2.75) is 13.0 Å². The molecule has 23 heavy (non-hydrogen) atoms. The third-order valence-corrected chi connectivity index (χ3v) is 3.42. The number of hydrogen-bond donors (Lipinski definition) is 2. The minimum atomic E-state index is -0.837. The van der Waals surface area contributed by atoms with Crippen molar-refractivity contribution in [3.63, 3.8) is 0 Å². The van der Waals surface area contributed by atoms with Crippen molar-refractivity contribution in [3.8, 4) is 11.5 Å². The minimum absolute atomic E-state index is 0.0956. The standard InChI is InChI=1S/C16H14F2N2O3/c1-9(10-2-5-14-15(6-10)23-8-22-14)19-16(21)20-13-4-3-11(17)7-12(13)18/h2-7,9H,8H2,1H3,(H2,19,20,21)/t9-/m0/s1. The number of fused-ring (bicyclic) bond motifs is 1. The molecular weight excluding hydrogens is 306 g/mol. The van der Waals surface area contributed by atoms with Gasteiger partial charge in [0.1, 0.15) is 11.6 Å². The smallest absolute Gasteiger partial charge is 0.319 e. The number of halogens is 2. The third-order valence-electron chi connectivity index (χ3n) is 3.42. The number of ether oxygens (including phenoxy) is 2. The van der Waals surface area contributed by atoms with E-state index in [1.54, 1.807) is 25.1 Å². The lowest BCUT2D eigenvalue weighted by atomic mass is 10.1. The van der Waals surface area contributed by atoms with Gasteiger partial charge in [0.05, 0.1) is 11.7 Å². The highest BCUT2D eigenvalue weighted by Gasteiger charge is 2.17. The molecule has 0 aromatic heterocycles. The van der Waals surface area contributed by atoms with Crippen LogP contribution < -0.4 is 20.1 Å². The Balaban J connectivity index is 1.65. The summed E-state index contributed by atoms with van der Waals surface area (Å²) in [4.78, 5) is 11.9. The number of carbonyl (C=O) groups excluding carboxylic acids is 1. The summed E-state index contributed by atoms with van der Waals surface area (Å²) in [5.41, 5.74) is 0.714. The summed E-state index contributed by atoms with van der Waals surface area (Å²) in [5, 5.41) is 5.01. The van der Waals surface area contributed by atoms with Crippen LogP contribution in [0.5, 0.6) is 11.5 Å². The maximum Gasteiger partial charge on any atom is 0.319 e. The molecule has 1 aliphatic heterocycles. The number of anilines is 1. The average Bonchev–Trinajstić information content (AvgIpc) is 2.97. The van der Waals surface area contributed by atoms with Crippen LogP contribution in [0.2, 0.25) is 0 Å². The largest absolute Gasteiger partial charge is 0.454 e. The van der Waals surface area contributed by atoms with Gasteiger partial charge in [0, 0.05) is 6.07 Å². The van der Waals surface area contributed by atoms with E-state index in [0.717, 1.165) is 17.7 Å². The lowest BCUT2D eigenvalue weighted by Gasteiger charge is -2.15. The van der Waals surface area contributed by atoms with E-state index < -0.39 is 17.7 Å². The number of rotatable bonds is 3. The van der Waals surface area contributed by atoms with Crippen molar-refractivity contribution in [2.24, 2.45) is 0 Å². The minimum Gasteiger partial charge on any atom is -0.454 e. The second kappa shape index (κ2) is 6.12. The first-order chi connectivity index (χ1) is 11.0. The quantitative estimate of drug-likeness (QED) is 0.909. The molecule has 0 saturated carbocycles. The van der Waals surface area contributed by atoms with Crippen LogP contribution in [0.3, 0.4) is 0 Å². The first-order valence-corrected chi connectivity index (χ1v) is 6.95. The van der Waals surface area contributed by atoms with Gasteiger partial charge >= 0.3 is 6.03 Å². The second-order valence-electron chi connectivity index (χ2n) is 5.06. The average molecular weight is 320 g/mol. The lowest BCUT2D eigenvalue weighted by Crippen LogP contribution is -2.31. The van der Waals surface area contributed by atoms with Crippen LogP contribution in [0.4, 0.5) is 19.3 Å². The van der Waals surface area contributed by atoms with Crippen LogP contribution in [0.15, 0.2) is 36.4 Å². The Morgan fingerprint density at radius 1 is 1.13 bits per heavy atom. The zero-order chi connectivity index (χ0) is 16.4. The van der Waals surface area contributed by atoms with Gasteiger partial charge in [0.2, 0.25) is 6.79 Å². The Hall–Kier alpha value is -2.83. The molecule has 0 radical (unpaired) electrons. The molecule has 0 fully saturated rings. The molecule has 5 nitrogen and oxygen atoms in total. The normalized spacial score (nSPS) is 13.5. The number of carbonyl (C=O) groups is 1. The molecule has 2 aromatic carbocycles. The maximum absolute atomic E-state index is 13.5. The van der Waals surface area contributed by atoms with Crippen molar-refractivity contribution >= 4 is 11.7 Å². The van der Waals surface area contributed by atoms with Gasteiger partial charge in [-0.3, -0.25) is 0 Å². The van der Waals surface area contributed by atoms with Crippen LogP contribution in [0.1, 0.15) is 18.5 Å². The van der Waals surface area contributed by atoms with Crippen molar-refractivity contribution in [3.05, 3.63) is 53.6 Å². The Morgan fingerprint density at radius 3 is 2.70 bits per heavy atom. The number of urea groups is 1. The highest BCUT2D eigenvalue weighted by atomic mass is 19.1. The van der Waals surface area contributed by atoms with Gasteiger partial charge in [-0.2, -0.15) is 0 Å². The highest BCUT2D eigenvalue weighted by Crippen LogP contribution is 2.34. The first-order valence-electron chi connectivity index (χ1n) is 6.95. The molecule has 0 aliphatic carbocycles. The van der Waals surface area contributed by atoms with Gasteiger partial charge in [-0.25, -0.2) is 13.6 Å². The number of hydrogen-bond acceptors (Lipinski definition) is 3. The predicted octanol–water partition coefficient (Wildman–Crippen LogP) is 3.58. The van der Waals surface area contributed by atoms with Gasteiger partial charge in [-0.15, -0.1) is 0 Å². The van der Waals surface area contributed by atoms with Crippen LogP contribution >= 0.6 is 0 Å².